The lowest BCUT2D eigenvalue weighted by molar-refractivity contribution is -0.132. The molecule has 2 aromatic carbocycles. The number of amides is 1. The topological polar surface area (TPSA) is 62.5 Å². The molecule has 29 heavy (non-hydrogen) atoms. The number of halogens is 1. The summed E-state index contributed by atoms with van der Waals surface area (Å²) in [6.07, 6.45) is 0.0935. The highest BCUT2D eigenvalue weighted by atomic mass is 19.1. The largest absolute Gasteiger partial charge is 0.340 e. The predicted molar refractivity (Wildman–Crippen MR) is 106 cm³/mol. The Balaban J connectivity index is 1.29. The number of piperazine rings is 1. The Hall–Kier alpha value is -3.06. The second-order valence-electron chi connectivity index (χ2n) is 7.30. The summed E-state index contributed by atoms with van der Waals surface area (Å²) in [5.41, 5.74) is 2.54. The molecule has 0 atom stereocenters. The first-order chi connectivity index (χ1) is 14.1. The van der Waals surface area contributed by atoms with Gasteiger partial charge in [0.15, 0.2) is 0 Å². The lowest BCUT2D eigenvalue weighted by Gasteiger charge is -2.34. The van der Waals surface area contributed by atoms with E-state index in [2.05, 4.69) is 15.0 Å². The van der Waals surface area contributed by atoms with Gasteiger partial charge < -0.3 is 9.42 Å². The van der Waals surface area contributed by atoms with Crippen molar-refractivity contribution in [2.45, 2.75) is 19.9 Å². The molecule has 7 heteroatoms. The predicted octanol–water partition coefficient (Wildman–Crippen LogP) is 3.07. The lowest BCUT2D eigenvalue weighted by atomic mass is 10.1. The number of hydrogen-bond donors (Lipinski definition) is 0. The molecule has 0 bridgehead atoms. The minimum Gasteiger partial charge on any atom is -0.340 e. The zero-order valence-corrected chi connectivity index (χ0v) is 16.3. The molecular weight excluding hydrogens is 371 g/mol. The van der Waals surface area contributed by atoms with Gasteiger partial charge in [-0.1, -0.05) is 53.2 Å². The van der Waals surface area contributed by atoms with Crippen LogP contribution in [0, 0.1) is 12.7 Å². The van der Waals surface area contributed by atoms with Gasteiger partial charge in [-0.2, -0.15) is 4.98 Å². The first kappa shape index (κ1) is 19.3. The fraction of sp³-hybridized carbons (Fsp3) is 0.318. The highest BCUT2D eigenvalue weighted by molar-refractivity contribution is 5.79. The van der Waals surface area contributed by atoms with E-state index in [0.717, 1.165) is 5.56 Å². The summed E-state index contributed by atoms with van der Waals surface area (Å²) >= 11 is 0. The smallest absolute Gasteiger partial charge is 0.241 e. The fourth-order valence-corrected chi connectivity index (χ4v) is 3.40. The summed E-state index contributed by atoms with van der Waals surface area (Å²) in [6.45, 7) is 5.22. The Morgan fingerprint density at radius 3 is 2.52 bits per heavy atom. The minimum atomic E-state index is -0.333. The molecule has 0 aliphatic carbocycles. The molecule has 1 aromatic heterocycles. The summed E-state index contributed by atoms with van der Waals surface area (Å²) in [7, 11) is 0. The summed E-state index contributed by atoms with van der Waals surface area (Å²) in [4.78, 5) is 20.9. The second-order valence-corrected chi connectivity index (χ2v) is 7.30. The quantitative estimate of drug-likeness (QED) is 0.666. The number of hydrogen-bond acceptors (Lipinski definition) is 5. The van der Waals surface area contributed by atoms with E-state index >= 15 is 0 Å². The van der Waals surface area contributed by atoms with E-state index in [-0.39, 0.29) is 18.1 Å². The molecule has 6 nitrogen and oxygen atoms in total. The third-order valence-corrected chi connectivity index (χ3v) is 5.16. The number of benzene rings is 2. The number of rotatable bonds is 5. The van der Waals surface area contributed by atoms with E-state index in [1.165, 1.54) is 11.6 Å². The second kappa shape index (κ2) is 8.53. The summed E-state index contributed by atoms with van der Waals surface area (Å²) in [5.74, 6) is 0.764. The van der Waals surface area contributed by atoms with Crippen LogP contribution >= 0.6 is 0 Å². The van der Waals surface area contributed by atoms with Crippen molar-refractivity contribution >= 4 is 5.91 Å². The van der Waals surface area contributed by atoms with E-state index in [4.69, 9.17) is 4.52 Å². The van der Waals surface area contributed by atoms with Crippen molar-refractivity contribution in [3.63, 3.8) is 0 Å². The molecule has 1 fully saturated rings. The van der Waals surface area contributed by atoms with Gasteiger partial charge in [0.25, 0.3) is 0 Å². The van der Waals surface area contributed by atoms with E-state index in [1.54, 1.807) is 23.1 Å². The highest BCUT2D eigenvalue weighted by Crippen LogP contribution is 2.17. The Kier molecular flexibility index (Phi) is 5.67. The van der Waals surface area contributed by atoms with E-state index in [0.29, 0.717) is 50.0 Å². The average Bonchev–Trinajstić information content (AvgIpc) is 3.19. The molecule has 1 amide bonds. The van der Waals surface area contributed by atoms with Gasteiger partial charge in [-0.05, 0) is 18.6 Å². The van der Waals surface area contributed by atoms with Crippen molar-refractivity contribution in [2.24, 2.45) is 0 Å². The third-order valence-electron chi connectivity index (χ3n) is 5.16. The Bertz CT molecular complexity index is 978. The minimum absolute atomic E-state index is 0.0470. The van der Waals surface area contributed by atoms with Gasteiger partial charge >= 0.3 is 0 Å². The van der Waals surface area contributed by atoms with Crippen LogP contribution in [0.1, 0.15) is 17.0 Å². The van der Waals surface area contributed by atoms with Crippen LogP contribution < -0.4 is 0 Å². The van der Waals surface area contributed by atoms with Crippen molar-refractivity contribution in [1.29, 1.82) is 0 Å². The molecule has 2 heterocycles. The molecule has 0 N–H and O–H groups in total. The maximum atomic E-state index is 13.8. The van der Waals surface area contributed by atoms with Crippen molar-refractivity contribution in [3.8, 4) is 11.4 Å². The SMILES string of the molecule is Cc1ccc(-c2noc(CN3CCN(C(=O)Cc4ccccc4F)CC3)n2)cc1. The van der Waals surface area contributed by atoms with Crippen LogP contribution in [0.4, 0.5) is 4.39 Å². The molecule has 1 aliphatic rings. The van der Waals surface area contributed by atoms with Crippen LogP contribution in [0.25, 0.3) is 11.4 Å². The molecule has 1 aliphatic heterocycles. The number of carbonyl (C=O) groups excluding carboxylic acids is 1. The zero-order valence-electron chi connectivity index (χ0n) is 16.3. The molecule has 0 radical (unpaired) electrons. The van der Waals surface area contributed by atoms with Gasteiger partial charge in [0.2, 0.25) is 17.6 Å². The first-order valence-electron chi connectivity index (χ1n) is 9.71. The van der Waals surface area contributed by atoms with Gasteiger partial charge in [0, 0.05) is 31.7 Å². The van der Waals surface area contributed by atoms with Crippen molar-refractivity contribution in [1.82, 2.24) is 19.9 Å². The summed E-state index contributed by atoms with van der Waals surface area (Å²) in [5, 5.41) is 4.07. The molecule has 1 saturated heterocycles. The van der Waals surface area contributed by atoms with Gasteiger partial charge in [-0.15, -0.1) is 0 Å². The van der Waals surface area contributed by atoms with Gasteiger partial charge in [-0.3, -0.25) is 9.69 Å². The first-order valence-corrected chi connectivity index (χ1v) is 9.71. The summed E-state index contributed by atoms with van der Waals surface area (Å²) < 4.78 is 19.2. The van der Waals surface area contributed by atoms with Crippen molar-refractivity contribution in [3.05, 3.63) is 71.4 Å². The Labute approximate surface area is 168 Å². The number of carbonyl (C=O) groups is 1. The number of aromatic nitrogens is 2. The molecular formula is C22H23FN4O2. The highest BCUT2D eigenvalue weighted by Gasteiger charge is 2.23. The lowest BCUT2D eigenvalue weighted by Crippen LogP contribution is -2.48. The molecule has 4 rings (SSSR count). The maximum absolute atomic E-state index is 13.8. The Morgan fingerprint density at radius 1 is 1.07 bits per heavy atom. The van der Waals surface area contributed by atoms with E-state index in [1.807, 2.05) is 31.2 Å². The van der Waals surface area contributed by atoms with Gasteiger partial charge in [-0.25, -0.2) is 4.39 Å². The monoisotopic (exact) mass is 394 g/mol. The Morgan fingerprint density at radius 2 is 1.79 bits per heavy atom. The molecule has 3 aromatic rings. The average molecular weight is 394 g/mol. The van der Waals surface area contributed by atoms with Crippen LogP contribution in [0.3, 0.4) is 0 Å². The number of nitrogens with zero attached hydrogens (tertiary/aromatic N) is 4. The third kappa shape index (κ3) is 4.68. The normalized spacial score (nSPS) is 14.9. The van der Waals surface area contributed by atoms with E-state index in [9.17, 15) is 9.18 Å². The fourth-order valence-electron chi connectivity index (χ4n) is 3.40. The molecule has 0 spiro atoms. The van der Waals surface area contributed by atoms with Crippen LogP contribution in [-0.4, -0.2) is 52.0 Å². The van der Waals surface area contributed by atoms with Crippen LogP contribution in [0.15, 0.2) is 53.1 Å². The van der Waals surface area contributed by atoms with Gasteiger partial charge in [0.05, 0.1) is 13.0 Å². The van der Waals surface area contributed by atoms with Crippen molar-refractivity contribution in [2.75, 3.05) is 26.2 Å². The molecule has 0 saturated carbocycles. The molecule has 0 unspecified atom stereocenters. The standard InChI is InChI=1S/C22H23FN4O2/c1-16-6-8-17(9-7-16)22-24-20(29-25-22)15-26-10-12-27(13-11-26)21(28)14-18-4-2-3-5-19(18)23/h2-9H,10-15H2,1H3. The van der Waals surface area contributed by atoms with Crippen molar-refractivity contribution < 1.29 is 13.7 Å². The van der Waals surface area contributed by atoms with Crippen LogP contribution in [0.2, 0.25) is 0 Å². The van der Waals surface area contributed by atoms with E-state index < -0.39 is 0 Å². The maximum Gasteiger partial charge on any atom is 0.241 e. The summed E-state index contributed by atoms with van der Waals surface area (Å²) in [6, 6.07) is 14.4. The van der Waals surface area contributed by atoms with Crippen LogP contribution in [-0.2, 0) is 17.8 Å². The van der Waals surface area contributed by atoms with Crippen LogP contribution in [0.5, 0.6) is 0 Å². The molecule has 150 valence electrons. The van der Waals surface area contributed by atoms with Gasteiger partial charge in [0.1, 0.15) is 5.82 Å². The number of aryl methyl sites for hydroxylation is 1. The zero-order chi connectivity index (χ0) is 20.2.